The van der Waals surface area contributed by atoms with Crippen LogP contribution in [0.2, 0.25) is 5.02 Å². The van der Waals surface area contributed by atoms with Crippen LogP contribution in [-0.4, -0.2) is 33.4 Å². The lowest BCUT2D eigenvalue weighted by molar-refractivity contribution is -0.139. The highest BCUT2D eigenvalue weighted by Gasteiger charge is 2.29. The minimum absolute atomic E-state index is 0.276. The second-order valence-electron chi connectivity index (χ2n) is 9.48. The van der Waals surface area contributed by atoms with Crippen LogP contribution >= 0.6 is 11.6 Å². The van der Waals surface area contributed by atoms with Crippen LogP contribution in [0.25, 0.3) is 5.69 Å². The number of aromatic nitrogens is 2. The van der Waals surface area contributed by atoms with E-state index in [1.807, 2.05) is 32.2 Å². The van der Waals surface area contributed by atoms with Crippen molar-refractivity contribution < 1.29 is 24.2 Å². The van der Waals surface area contributed by atoms with Gasteiger partial charge in [0.25, 0.3) is 5.91 Å². The molecule has 1 amide bonds. The van der Waals surface area contributed by atoms with Gasteiger partial charge in [-0.2, -0.15) is 5.10 Å². The number of anilines is 1. The van der Waals surface area contributed by atoms with E-state index in [0.717, 1.165) is 12.1 Å². The highest BCUT2D eigenvalue weighted by Crippen LogP contribution is 2.41. The number of carbonyl (C=O) groups excluding carboxylic acids is 1. The molecule has 0 saturated heterocycles. The third-order valence-corrected chi connectivity index (χ3v) is 7.19. The number of hydrogen-bond donors (Lipinski definition) is 2. The molecule has 2 N–H and O–H groups in total. The number of rotatable bonds is 8. The van der Waals surface area contributed by atoms with Gasteiger partial charge in [0.05, 0.1) is 23.2 Å². The zero-order chi connectivity index (χ0) is 29.5. The predicted molar refractivity (Wildman–Crippen MR) is 160 cm³/mol. The molecule has 2 heterocycles. The van der Waals surface area contributed by atoms with Crippen molar-refractivity contribution in [2.45, 2.75) is 52.4 Å². The summed E-state index contributed by atoms with van der Waals surface area (Å²) in [6.45, 7) is 8.65. The first kappa shape index (κ1) is 29.7. The molecule has 0 bridgehead atoms. The second kappa shape index (κ2) is 13.4. The quantitative estimate of drug-likeness (QED) is 0.220. The third-order valence-electron chi connectivity index (χ3n) is 6.89. The number of hydrogen-bond acceptors (Lipinski definition) is 5. The van der Waals surface area contributed by atoms with Gasteiger partial charge >= 0.3 is 5.97 Å². The molecule has 4 aromatic rings. The summed E-state index contributed by atoms with van der Waals surface area (Å²) in [6.07, 6.45) is 3.25. The summed E-state index contributed by atoms with van der Waals surface area (Å²) < 4.78 is 13.3. The van der Waals surface area contributed by atoms with E-state index in [-0.39, 0.29) is 10.9 Å². The van der Waals surface area contributed by atoms with Crippen molar-refractivity contribution in [2.75, 3.05) is 11.9 Å². The van der Waals surface area contributed by atoms with Crippen molar-refractivity contribution >= 4 is 29.3 Å². The minimum Gasteiger partial charge on any atom is -0.493 e. The SMILES string of the molecule is CC.CCC(C)c1cccc(-n2ccc(NC(=O)c3ccc(Oc4cc5c(cc4Cl)C(C(=O)O)CCO5)cc3)n2)c1. The van der Waals surface area contributed by atoms with E-state index in [1.54, 1.807) is 47.1 Å². The molecule has 0 saturated carbocycles. The summed E-state index contributed by atoms with van der Waals surface area (Å²) in [6, 6.07) is 19.7. The van der Waals surface area contributed by atoms with Gasteiger partial charge < -0.3 is 19.9 Å². The molecule has 3 aromatic carbocycles. The average Bonchev–Trinajstić information content (AvgIpc) is 3.46. The van der Waals surface area contributed by atoms with Crippen molar-refractivity contribution in [1.82, 2.24) is 9.78 Å². The van der Waals surface area contributed by atoms with Crippen molar-refractivity contribution in [3.05, 3.63) is 94.6 Å². The summed E-state index contributed by atoms with van der Waals surface area (Å²) in [5.41, 5.74) is 3.13. The Morgan fingerprint density at radius 3 is 2.61 bits per heavy atom. The van der Waals surface area contributed by atoms with Crippen molar-refractivity contribution in [3.63, 3.8) is 0 Å². The Bertz CT molecular complexity index is 1520. The Labute approximate surface area is 244 Å². The van der Waals surface area contributed by atoms with E-state index in [4.69, 9.17) is 21.1 Å². The van der Waals surface area contributed by atoms with Crippen molar-refractivity contribution in [1.29, 1.82) is 0 Å². The van der Waals surface area contributed by atoms with Crippen LogP contribution < -0.4 is 14.8 Å². The first-order valence-electron chi connectivity index (χ1n) is 13.8. The van der Waals surface area contributed by atoms with E-state index in [1.165, 1.54) is 5.56 Å². The van der Waals surface area contributed by atoms with Crippen LogP contribution in [0.4, 0.5) is 5.82 Å². The van der Waals surface area contributed by atoms with Gasteiger partial charge in [0.15, 0.2) is 5.82 Å². The molecule has 5 rings (SSSR count). The van der Waals surface area contributed by atoms with E-state index in [2.05, 4.69) is 36.4 Å². The van der Waals surface area contributed by atoms with Gasteiger partial charge in [0.1, 0.15) is 17.2 Å². The molecule has 9 heteroatoms. The smallest absolute Gasteiger partial charge is 0.311 e. The van der Waals surface area contributed by atoms with Crippen molar-refractivity contribution in [2.24, 2.45) is 0 Å². The fourth-order valence-electron chi connectivity index (χ4n) is 4.46. The molecular weight excluding hydrogens is 542 g/mol. The number of nitrogens with one attached hydrogen (secondary N) is 1. The van der Waals surface area contributed by atoms with Gasteiger partial charge in [-0.05, 0) is 66.8 Å². The molecule has 1 aromatic heterocycles. The molecule has 2 unspecified atom stereocenters. The topological polar surface area (TPSA) is 103 Å². The maximum atomic E-state index is 12.8. The van der Waals surface area contributed by atoms with Gasteiger partial charge in [-0.25, -0.2) is 4.68 Å². The van der Waals surface area contributed by atoms with Crippen molar-refractivity contribution in [3.8, 4) is 22.9 Å². The number of fused-ring (bicyclic) bond motifs is 1. The van der Waals surface area contributed by atoms with Crippen LogP contribution in [0.15, 0.2) is 72.9 Å². The number of benzene rings is 3. The Morgan fingerprint density at radius 2 is 1.90 bits per heavy atom. The highest BCUT2D eigenvalue weighted by atomic mass is 35.5. The first-order valence-corrected chi connectivity index (χ1v) is 14.1. The normalized spacial score (nSPS) is 14.5. The first-order chi connectivity index (χ1) is 19.8. The van der Waals surface area contributed by atoms with Gasteiger partial charge in [-0.1, -0.05) is 51.4 Å². The Morgan fingerprint density at radius 1 is 1.15 bits per heavy atom. The zero-order valence-corrected chi connectivity index (χ0v) is 24.3. The molecule has 41 heavy (non-hydrogen) atoms. The number of carboxylic acid groups (broad SMARTS) is 1. The lowest BCUT2D eigenvalue weighted by Gasteiger charge is -2.24. The molecule has 8 nitrogen and oxygen atoms in total. The molecule has 2 atom stereocenters. The molecule has 1 aliphatic heterocycles. The fraction of sp³-hybridized carbons (Fsp3) is 0.281. The summed E-state index contributed by atoms with van der Waals surface area (Å²) >= 11 is 6.38. The largest absolute Gasteiger partial charge is 0.493 e. The van der Waals surface area contributed by atoms with Gasteiger partial charge in [0, 0.05) is 29.5 Å². The van der Waals surface area contributed by atoms with E-state index >= 15 is 0 Å². The average molecular weight is 576 g/mol. The summed E-state index contributed by atoms with van der Waals surface area (Å²) in [7, 11) is 0. The molecule has 0 fully saturated rings. The molecule has 214 valence electrons. The van der Waals surface area contributed by atoms with Crippen LogP contribution in [0.5, 0.6) is 17.2 Å². The number of carbonyl (C=O) groups is 2. The number of aliphatic carboxylic acids is 1. The summed E-state index contributed by atoms with van der Waals surface area (Å²) in [4.78, 5) is 24.4. The van der Waals surface area contributed by atoms with Crippen LogP contribution in [0, 0.1) is 0 Å². The summed E-state index contributed by atoms with van der Waals surface area (Å²) in [5, 5.41) is 17.1. The van der Waals surface area contributed by atoms with E-state index in [9.17, 15) is 14.7 Å². The van der Waals surface area contributed by atoms with Crippen LogP contribution in [-0.2, 0) is 4.79 Å². The van der Waals surface area contributed by atoms with Gasteiger partial charge in [-0.15, -0.1) is 0 Å². The number of halogens is 1. The molecular formula is C32H34ClN3O5. The number of carboxylic acids is 1. The minimum atomic E-state index is -0.916. The number of amides is 1. The maximum Gasteiger partial charge on any atom is 0.311 e. The lowest BCUT2D eigenvalue weighted by Crippen LogP contribution is -2.20. The Hall–Kier alpha value is -4.30. The standard InChI is InChI=1S/C30H28ClN3O5.C2H6/c1-3-18(2)20-5-4-6-21(15-20)34-13-11-28(33-34)32-29(35)19-7-9-22(10-8-19)39-27-17-26-24(16-25(27)31)23(30(36)37)12-14-38-26;1-2/h4-11,13,15-18,23H,3,12,14H2,1-2H3,(H,36,37)(H,32,33,35);1-2H3. The third kappa shape index (κ3) is 6.89. The fourth-order valence-corrected chi connectivity index (χ4v) is 4.67. The zero-order valence-electron chi connectivity index (χ0n) is 23.6. The molecule has 1 aliphatic rings. The van der Waals surface area contributed by atoms with Crippen LogP contribution in [0.3, 0.4) is 0 Å². The molecule has 0 aliphatic carbocycles. The van der Waals surface area contributed by atoms with E-state index < -0.39 is 11.9 Å². The number of nitrogens with zero attached hydrogens (tertiary/aromatic N) is 2. The Kier molecular flexibility index (Phi) is 9.68. The van der Waals surface area contributed by atoms with Crippen LogP contribution in [0.1, 0.15) is 73.9 Å². The van der Waals surface area contributed by atoms with E-state index in [0.29, 0.717) is 53.1 Å². The predicted octanol–water partition coefficient (Wildman–Crippen LogP) is 8.06. The lowest BCUT2D eigenvalue weighted by atomic mass is 9.93. The highest BCUT2D eigenvalue weighted by molar-refractivity contribution is 6.32. The molecule has 0 spiro atoms. The van der Waals surface area contributed by atoms with Gasteiger partial charge in [-0.3, -0.25) is 9.59 Å². The van der Waals surface area contributed by atoms with Gasteiger partial charge in [0.2, 0.25) is 0 Å². The maximum absolute atomic E-state index is 12.8. The second-order valence-corrected chi connectivity index (χ2v) is 9.89. The summed E-state index contributed by atoms with van der Waals surface area (Å²) in [5.74, 6) is 0.240. The number of ether oxygens (including phenoxy) is 2. The molecule has 0 radical (unpaired) electrons. The Balaban J connectivity index is 0.00000189. The monoisotopic (exact) mass is 575 g/mol.